The van der Waals surface area contributed by atoms with Gasteiger partial charge in [0, 0.05) is 12.6 Å². The van der Waals surface area contributed by atoms with Crippen LogP contribution in [-0.4, -0.2) is 32.1 Å². The largest absolute Gasteiger partial charge is 0.478 e. The maximum atomic E-state index is 12.4. The highest BCUT2D eigenvalue weighted by Gasteiger charge is 2.22. The van der Waals surface area contributed by atoms with E-state index in [4.69, 9.17) is 5.11 Å². The molecule has 0 aliphatic rings. The van der Waals surface area contributed by atoms with Crippen molar-refractivity contribution in [2.24, 2.45) is 0 Å². The van der Waals surface area contributed by atoms with Crippen LogP contribution in [0.2, 0.25) is 0 Å². The van der Waals surface area contributed by atoms with Crippen LogP contribution in [0, 0.1) is 0 Å². The van der Waals surface area contributed by atoms with E-state index in [1.807, 2.05) is 6.92 Å². The minimum absolute atomic E-state index is 0.0791. The number of hydrogen-bond donors (Lipinski definition) is 3. The van der Waals surface area contributed by atoms with Crippen molar-refractivity contribution in [2.75, 3.05) is 11.9 Å². The Labute approximate surface area is 124 Å². The van der Waals surface area contributed by atoms with Crippen LogP contribution in [0.3, 0.4) is 0 Å². The summed E-state index contributed by atoms with van der Waals surface area (Å²) in [5, 5.41) is 11.9. The first-order chi connectivity index (χ1) is 9.81. The molecule has 7 heteroatoms. The monoisotopic (exact) mass is 312 g/mol. The summed E-state index contributed by atoms with van der Waals surface area (Å²) < 4.78 is 27.3. The molecule has 0 heterocycles. The van der Waals surface area contributed by atoms with E-state index in [2.05, 4.69) is 16.6 Å². The standard InChI is InChI=1S/C14H20N2O4S/c1-4-8-15-12-7-6-11(14(17)18)9-13(12)21(19,20)16-10(3)5-2/h4,6-7,9-10,15-16H,1,5,8H2,2-3H3,(H,17,18)/t10-/m0/s1. The van der Waals surface area contributed by atoms with Crippen molar-refractivity contribution in [3.63, 3.8) is 0 Å². The van der Waals surface area contributed by atoms with Gasteiger partial charge in [0.2, 0.25) is 10.0 Å². The van der Waals surface area contributed by atoms with Crippen LogP contribution < -0.4 is 10.0 Å². The number of carboxylic acid groups (broad SMARTS) is 1. The quantitative estimate of drug-likeness (QED) is 0.639. The molecule has 0 bridgehead atoms. The maximum absolute atomic E-state index is 12.4. The molecule has 0 aromatic heterocycles. The minimum atomic E-state index is -3.80. The fourth-order valence-corrected chi connectivity index (χ4v) is 3.15. The highest BCUT2D eigenvalue weighted by Crippen LogP contribution is 2.23. The molecule has 0 aliphatic carbocycles. The van der Waals surface area contributed by atoms with Crippen LogP contribution in [0.1, 0.15) is 30.6 Å². The number of nitrogens with one attached hydrogen (secondary N) is 2. The number of aromatic carboxylic acids is 1. The number of benzene rings is 1. The summed E-state index contributed by atoms with van der Waals surface area (Å²) in [7, 11) is -3.80. The summed E-state index contributed by atoms with van der Waals surface area (Å²) in [6, 6.07) is 3.71. The van der Waals surface area contributed by atoms with E-state index in [1.165, 1.54) is 12.1 Å². The number of anilines is 1. The molecule has 0 unspecified atom stereocenters. The smallest absolute Gasteiger partial charge is 0.335 e. The molecule has 1 atom stereocenters. The Morgan fingerprint density at radius 2 is 2.14 bits per heavy atom. The van der Waals surface area contributed by atoms with Gasteiger partial charge in [0.15, 0.2) is 0 Å². The highest BCUT2D eigenvalue weighted by atomic mass is 32.2. The molecule has 0 saturated heterocycles. The zero-order chi connectivity index (χ0) is 16.0. The normalized spacial score (nSPS) is 12.7. The van der Waals surface area contributed by atoms with Gasteiger partial charge in [-0.2, -0.15) is 0 Å². The molecular weight excluding hydrogens is 292 g/mol. The van der Waals surface area contributed by atoms with Gasteiger partial charge >= 0.3 is 5.97 Å². The van der Waals surface area contributed by atoms with Gasteiger partial charge < -0.3 is 10.4 Å². The fraction of sp³-hybridized carbons (Fsp3) is 0.357. The summed E-state index contributed by atoms with van der Waals surface area (Å²) in [4.78, 5) is 11.0. The van der Waals surface area contributed by atoms with Crippen molar-refractivity contribution in [1.82, 2.24) is 4.72 Å². The summed E-state index contributed by atoms with van der Waals surface area (Å²) in [5.41, 5.74) is 0.263. The molecule has 1 rings (SSSR count). The molecule has 1 aromatic rings. The number of hydrogen-bond acceptors (Lipinski definition) is 4. The highest BCUT2D eigenvalue weighted by molar-refractivity contribution is 7.89. The van der Waals surface area contributed by atoms with Gasteiger partial charge in [-0.3, -0.25) is 0 Å². The molecule has 0 saturated carbocycles. The van der Waals surface area contributed by atoms with Crippen LogP contribution in [-0.2, 0) is 10.0 Å². The molecule has 0 fully saturated rings. The van der Waals surface area contributed by atoms with Crippen molar-refractivity contribution >= 4 is 21.7 Å². The van der Waals surface area contributed by atoms with Gasteiger partial charge in [-0.25, -0.2) is 17.9 Å². The zero-order valence-electron chi connectivity index (χ0n) is 12.1. The van der Waals surface area contributed by atoms with E-state index in [0.29, 0.717) is 18.7 Å². The molecular formula is C14H20N2O4S. The Morgan fingerprint density at radius 3 is 2.67 bits per heavy atom. The number of carboxylic acids is 1. The first kappa shape index (κ1) is 17.2. The first-order valence-corrected chi connectivity index (χ1v) is 8.04. The molecule has 3 N–H and O–H groups in total. The van der Waals surface area contributed by atoms with Gasteiger partial charge in [-0.1, -0.05) is 13.0 Å². The molecule has 21 heavy (non-hydrogen) atoms. The zero-order valence-corrected chi connectivity index (χ0v) is 12.9. The van der Waals surface area contributed by atoms with Crippen LogP contribution in [0.15, 0.2) is 35.7 Å². The Balaban J connectivity index is 3.30. The molecule has 0 radical (unpaired) electrons. The summed E-state index contributed by atoms with van der Waals surface area (Å²) >= 11 is 0. The lowest BCUT2D eigenvalue weighted by Gasteiger charge is -2.16. The van der Waals surface area contributed by atoms with E-state index in [0.717, 1.165) is 6.07 Å². The molecule has 0 amide bonds. The second-order valence-electron chi connectivity index (χ2n) is 4.62. The molecule has 116 valence electrons. The van der Waals surface area contributed by atoms with Crippen LogP contribution in [0.4, 0.5) is 5.69 Å². The predicted molar refractivity (Wildman–Crippen MR) is 82.2 cm³/mol. The molecule has 6 nitrogen and oxygen atoms in total. The predicted octanol–water partition coefficient (Wildman–Crippen LogP) is 2.06. The lowest BCUT2D eigenvalue weighted by atomic mass is 10.2. The van der Waals surface area contributed by atoms with E-state index in [1.54, 1.807) is 13.0 Å². The molecule has 0 spiro atoms. The van der Waals surface area contributed by atoms with Gasteiger partial charge in [0.1, 0.15) is 4.90 Å². The van der Waals surface area contributed by atoms with E-state index < -0.39 is 16.0 Å². The maximum Gasteiger partial charge on any atom is 0.335 e. The Morgan fingerprint density at radius 1 is 1.48 bits per heavy atom. The Hall–Kier alpha value is -1.86. The van der Waals surface area contributed by atoms with Crippen LogP contribution >= 0.6 is 0 Å². The average Bonchev–Trinajstić information content (AvgIpc) is 2.44. The summed E-state index contributed by atoms with van der Waals surface area (Å²) in [5.74, 6) is -1.18. The van der Waals surface area contributed by atoms with Crippen LogP contribution in [0.5, 0.6) is 0 Å². The molecule has 0 aliphatic heterocycles. The van der Waals surface area contributed by atoms with Crippen molar-refractivity contribution in [3.8, 4) is 0 Å². The van der Waals surface area contributed by atoms with Gasteiger partial charge in [0.05, 0.1) is 11.3 Å². The second kappa shape index (κ2) is 7.24. The van der Waals surface area contributed by atoms with E-state index in [9.17, 15) is 13.2 Å². The SMILES string of the molecule is C=CCNc1ccc(C(=O)O)cc1S(=O)(=O)N[C@@H](C)CC. The minimum Gasteiger partial charge on any atom is -0.478 e. The number of carbonyl (C=O) groups is 1. The third-order valence-corrected chi connectivity index (χ3v) is 4.55. The lowest BCUT2D eigenvalue weighted by Crippen LogP contribution is -2.32. The Kier molecular flexibility index (Phi) is 5.92. The average molecular weight is 312 g/mol. The van der Waals surface area contributed by atoms with Crippen LogP contribution in [0.25, 0.3) is 0 Å². The van der Waals surface area contributed by atoms with E-state index >= 15 is 0 Å². The summed E-state index contributed by atoms with van der Waals surface area (Å²) in [6.07, 6.45) is 2.22. The van der Waals surface area contributed by atoms with Crippen molar-refractivity contribution < 1.29 is 18.3 Å². The van der Waals surface area contributed by atoms with E-state index in [-0.39, 0.29) is 16.5 Å². The van der Waals surface area contributed by atoms with Crippen molar-refractivity contribution in [3.05, 3.63) is 36.4 Å². The third-order valence-electron chi connectivity index (χ3n) is 2.92. The topological polar surface area (TPSA) is 95.5 Å². The van der Waals surface area contributed by atoms with Gasteiger partial charge in [0.25, 0.3) is 0 Å². The van der Waals surface area contributed by atoms with Gasteiger partial charge in [-0.05, 0) is 31.5 Å². The van der Waals surface area contributed by atoms with Gasteiger partial charge in [-0.15, -0.1) is 6.58 Å². The fourth-order valence-electron chi connectivity index (χ4n) is 1.62. The second-order valence-corrected chi connectivity index (χ2v) is 6.30. The summed E-state index contributed by atoms with van der Waals surface area (Å²) in [6.45, 7) is 7.53. The van der Waals surface area contributed by atoms with Crippen molar-refractivity contribution in [1.29, 1.82) is 0 Å². The lowest BCUT2D eigenvalue weighted by molar-refractivity contribution is 0.0696. The third kappa shape index (κ3) is 4.57. The first-order valence-electron chi connectivity index (χ1n) is 6.56. The van der Waals surface area contributed by atoms with Crippen molar-refractivity contribution in [2.45, 2.75) is 31.2 Å². The number of rotatable bonds is 8. The Bertz CT molecular complexity index is 626. The number of sulfonamides is 1. The molecule has 1 aromatic carbocycles.